The molecule has 0 bridgehead atoms. The van der Waals surface area contributed by atoms with Gasteiger partial charge in [0.2, 0.25) is 5.91 Å². The number of amides is 3. The maximum Gasteiger partial charge on any atom is 0.272 e. The van der Waals surface area contributed by atoms with Gasteiger partial charge in [0.05, 0.1) is 0 Å². The van der Waals surface area contributed by atoms with Crippen molar-refractivity contribution in [1.29, 1.82) is 0 Å². The summed E-state index contributed by atoms with van der Waals surface area (Å²) in [6, 6.07) is 38.0. The van der Waals surface area contributed by atoms with Gasteiger partial charge in [0.1, 0.15) is 16.8 Å². The first kappa shape index (κ1) is 31.4. The van der Waals surface area contributed by atoms with Crippen LogP contribution in [0, 0.1) is 5.82 Å². The molecule has 3 amide bonds. The maximum atomic E-state index is 13.5. The number of thioether (sulfide) groups is 1. The van der Waals surface area contributed by atoms with Gasteiger partial charge in [0.25, 0.3) is 11.8 Å². The van der Waals surface area contributed by atoms with Gasteiger partial charge >= 0.3 is 0 Å². The van der Waals surface area contributed by atoms with Gasteiger partial charge < -0.3 is 16.0 Å². The Bertz CT molecular complexity index is 1820. The van der Waals surface area contributed by atoms with Crippen molar-refractivity contribution >= 4 is 62.9 Å². The second kappa shape index (κ2) is 15.1. The standard InChI is InChI=1S/C36H27BrFN3O3S/c37-27-16-20-29(21-17-27)39-36(44)33(25-8-3-1-4-9-25)45-31-13-7-12-30(23-31)40-35(43)32(22-24-14-18-28(38)19-15-24)41-34(42)26-10-5-2-6-11-26/h1-23,33H,(H,39,44)(H,40,43)(H,41,42)/b32-22-. The highest BCUT2D eigenvalue weighted by atomic mass is 79.9. The molecular weight excluding hydrogens is 653 g/mol. The molecule has 5 aromatic rings. The minimum Gasteiger partial charge on any atom is -0.325 e. The van der Waals surface area contributed by atoms with Crippen molar-refractivity contribution in [2.45, 2.75) is 10.1 Å². The van der Waals surface area contributed by atoms with E-state index in [1.807, 2.05) is 60.7 Å². The predicted octanol–water partition coefficient (Wildman–Crippen LogP) is 8.47. The largest absolute Gasteiger partial charge is 0.325 e. The van der Waals surface area contributed by atoms with Crippen molar-refractivity contribution in [3.8, 4) is 0 Å². The van der Waals surface area contributed by atoms with Gasteiger partial charge in [-0.05, 0) is 83.9 Å². The molecule has 1 atom stereocenters. The lowest BCUT2D eigenvalue weighted by Gasteiger charge is -2.18. The van der Waals surface area contributed by atoms with E-state index in [1.165, 1.54) is 42.1 Å². The molecule has 0 saturated heterocycles. The van der Waals surface area contributed by atoms with E-state index in [4.69, 9.17) is 0 Å². The number of benzene rings is 5. The molecule has 0 spiro atoms. The zero-order chi connectivity index (χ0) is 31.6. The predicted molar refractivity (Wildman–Crippen MR) is 181 cm³/mol. The van der Waals surface area contributed by atoms with Gasteiger partial charge in [0.15, 0.2) is 0 Å². The minimum atomic E-state index is -0.583. The average Bonchev–Trinajstić information content (AvgIpc) is 3.06. The summed E-state index contributed by atoms with van der Waals surface area (Å²) >= 11 is 4.75. The van der Waals surface area contributed by atoms with Crippen LogP contribution >= 0.6 is 27.7 Å². The van der Waals surface area contributed by atoms with Crippen LogP contribution in [0.4, 0.5) is 15.8 Å². The Morgan fingerprint density at radius 1 is 0.711 bits per heavy atom. The van der Waals surface area contributed by atoms with Gasteiger partial charge in [-0.1, -0.05) is 82.7 Å². The van der Waals surface area contributed by atoms with Crippen LogP contribution in [0.5, 0.6) is 0 Å². The van der Waals surface area contributed by atoms with Crippen LogP contribution in [0.3, 0.4) is 0 Å². The molecule has 0 radical (unpaired) electrons. The summed E-state index contributed by atoms with van der Waals surface area (Å²) in [5, 5.41) is 7.93. The van der Waals surface area contributed by atoms with Gasteiger partial charge in [-0.3, -0.25) is 14.4 Å². The topological polar surface area (TPSA) is 87.3 Å². The van der Waals surface area contributed by atoms with E-state index in [0.29, 0.717) is 22.5 Å². The molecule has 0 heterocycles. The fraction of sp³-hybridized carbons (Fsp3) is 0.0278. The Hall–Kier alpha value is -4.99. The molecule has 0 fully saturated rings. The van der Waals surface area contributed by atoms with Crippen LogP contribution in [0.1, 0.15) is 26.7 Å². The molecule has 3 N–H and O–H groups in total. The third-order valence-corrected chi connectivity index (χ3v) is 8.28. The van der Waals surface area contributed by atoms with Crippen LogP contribution in [0.2, 0.25) is 0 Å². The van der Waals surface area contributed by atoms with E-state index >= 15 is 0 Å². The van der Waals surface area contributed by atoms with Crippen molar-refractivity contribution < 1.29 is 18.8 Å². The lowest BCUT2D eigenvalue weighted by atomic mass is 10.1. The average molecular weight is 681 g/mol. The molecule has 0 aromatic heterocycles. The van der Waals surface area contributed by atoms with Crippen LogP contribution < -0.4 is 16.0 Å². The highest BCUT2D eigenvalue weighted by molar-refractivity contribution is 9.10. The summed E-state index contributed by atoms with van der Waals surface area (Å²) in [7, 11) is 0. The zero-order valence-corrected chi connectivity index (χ0v) is 26.1. The van der Waals surface area contributed by atoms with Gasteiger partial charge in [-0.15, -0.1) is 11.8 Å². The number of anilines is 2. The first-order valence-electron chi connectivity index (χ1n) is 13.9. The van der Waals surface area contributed by atoms with Crippen LogP contribution in [0.15, 0.2) is 149 Å². The summed E-state index contributed by atoms with van der Waals surface area (Å²) in [5.74, 6) is -1.65. The quantitative estimate of drug-likeness (QED) is 0.102. The van der Waals surface area contributed by atoms with E-state index < -0.39 is 22.9 Å². The van der Waals surface area contributed by atoms with Gasteiger partial charge in [0, 0.05) is 26.3 Å². The fourth-order valence-corrected chi connectivity index (χ4v) is 5.64. The molecule has 5 aromatic carbocycles. The first-order chi connectivity index (χ1) is 21.8. The van der Waals surface area contributed by atoms with E-state index in [9.17, 15) is 18.8 Å². The van der Waals surface area contributed by atoms with Gasteiger partial charge in [-0.25, -0.2) is 4.39 Å². The molecule has 5 rings (SSSR count). The number of hydrogen-bond donors (Lipinski definition) is 3. The van der Waals surface area contributed by atoms with Crippen molar-refractivity contribution in [2.75, 3.05) is 10.6 Å². The second-order valence-electron chi connectivity index (χ2n) is 9.82. The minimum absolute atomic E-state index is 0.0236. The lowest BCUT2D eigenvalue weighted by Crippen LogP contribution is -2.30. The van der Waals surface area contributed by atoms with Crippen molar-refractivity contribution in [1.82, 2.24) is 5.32 Å². The molecular formula is C36H27BrFN3O3S. The van der Waals surface area contributed by atoms with Crippen LogP contribution in [0.25, 0.3) is 6.08 Å². The number of rotatable bonds is 10. The Morgan fingerprint density at radius 2 is 1.38 bits per heavy atom. The number of nitrogens with one attached hydrogen (secondary N) is 3. The second-order valence-corrected chi connectivity index (χ2v) is 11.9. The Labute approximate surface area is 272 Å². The smallest absolute Gasteiger partial charge is 0.272 e. The molecule has 45 heavy (non-hydrogen) atoms. The van der Waals surface area contributed by atoms with Crippen LogP contribution in [-0.4, -0.2) is 17.7 Å². The number of halogens is 2. The molecule has 0 aliphatic rings. The fourth-order valence-electron chi connectivity index (χ4n) is 4.29. The highest BCUT2D eigenvalue weighted by Gasteiger charge is 2.23. The van der Waals surface area contributed by atoms with E-state index in [0.717, 1.165) is 14.9 Å². The normalized spacial score (nSPS) is 11.7. The summed E-state index contributed by atoms with van der Waals surface area (Å²) in [5.41, 5.74) is 2.83. The SMILES string of the molecule is O=C(Nc1cccc(SC(C(=O)Nc2ccc(Br)cc2)c2ccccc2)c1)/C(=C/c1ccc(F)cc1)NC(=O)c1ccccc1. The Balaban J connectivity index is 1.37. The molecule has 1 unspecified atom stereocenters. The lowest BCUT2D eigenvalue weighted by molar-refractivity contribution is -0.116. The maximum absolute atomic E-state index is 13.5. The molecule has 6 nitrogen and oxygen atoms in total. The van der Waals surface area contributed by atoms with E-state index in [2.05, 4.69) is 31.9 Å². The summed E-state index contributed by atoms with van der Waals surface area (Å²) in [4.78, 5) is 40.7. The number of carbonyl (C=O) groups is 3. The summed E-state index contributed by atoms with van der Waals surface area (Å²) < 4.78 is 14.4. The van der Waals surface area contributed by atoms with Crippen molar-refractivity contribution in [2.24, 2.45) is 0 Å². The number of hydrogen-bond acceptors (Lipinski definition) is 4. The first-order valence-corrected chi connectivity index (χ1v) is 15.5. The third-order valence-electron chi connectivity index (χ3n) is 6.51. The molecule has 224 valence electrons. The number of carbonyl (C=O) groups excluding carboxylic acids is 3. The Kier molecular flexibility index (Phi) is 10.6. The van der Waals surface area contributed by atoms with Crippen molar-refractivity contribution in [3.63, 3.8) is 0 Å². The highest BCUT2D eigenvalue weighted by Crippen LogP contribution is 2.37. The Morgan fingerprint density at radius 3 is 2.07 bits per heavy atom. The molecule has 0 aliphatic heterocycles. The van der Waals surface area contributed by atoms with E-state index in [-0.39, 0.29) is 11.6 Å². The zero-order valence-electron chi connectivity index (χ0n) is 23.7. The molecule has 0 saturated carbocycles. The molecule has 0 aliphatic carbocycles. The third kappa shape index (κ3) is 9.01. The van der Waals surface area contributed by atoms with Gasteiger partial charge in [-0.2, -0.15) is 0 Å². The van der Waals surface area contributed by atoms with Crippen LogP contribution in [-0.2, 0) is 9.59 Å². The van der Waals surface area contributed by atoms with Crippen molar-refractivity contribution in [3.05, 3.63) is 166 Å². The molecule has 9 heteroatoms. The summed E-state index contributed by atoms with van der Waals surface area (Å²) in [6.07, 6.45) is 1.48. The summed E-state index contributed by atoms with van der Waals surface area (Å²) in [6.45, 7) is 0. The van der Waals surface area contributed by atoms with E-state index in [1.54, 1.807) is 48.5 Å². The monoisotopic (exact) mass is 679 g/mol.